The van der Waals surface area contributed by atoms with Crippen LogP contribution in [-0.4, -0.2) is 35.8 Å². The van der Waals surface area contributed by atoms with Gasteiger partial charge >= 0.3 is 5.97 Å². The van der Waals surface area contributed by atoms with E-state index in [9.17, 15) is 13.2 Å². The number of carbonyl (C=O) groups is 1. The lowest BCUT2D eigenvalue weighted by molar-refractivity contribution is -0.141. The molecular formula is C28H27N3O4S. The second-order valence-corrected chi connectivity index (χ2v) is 10.3. The highest BCUT2D eigenvalue weighted by molar-refractivity contribution is 7.89. The molecule has 0 aliphatic carbocycles. The summed E-state index contributed by atoms with van der Waals surface area (Å²) in [6.45, 7) is 2.06. The summed E-state index contributed by atoms with van der Waals surface area (Å²) in [5.41, 5.74) is 4.36. The third kappa shape index (κ3) is 5.84. The Balaban J connectivity index is 1.64. The van der Waals surface area contributed by atoms with E-state index in [1.807, 2.05) is 60.7 Å². The number of carbonyl (C=O) groups excluding carboxylic acids is 1. The van der Waals surface area contributed by atoms with Crippen molar-refractivity contribution in [1.82, 2.24) is 14.3 Å². The maximum atomic E-state index is 13.6. The number of hydrogen-bond acceptors (Lipinski definition) is 6. The minimum atomic E-state index is -3.84. The van der Waals surface area contributed by atoms with Gasteiger partial charge in [-0.2, -0.15) is 4.31 Å². The third-order valence-electron chi connectivity index (χ3n) is 5.94. The van der Waals surface area contributed by atoms with E-state index in [0.29, 0.717) is 0 Å². The molecule has 36 heavy (non-hydrogen) atoms. The largest absolute Gasteiger partial charge is 0.469 e. The summed E-state index contributed by atoms with van der Waals surface area (Å²) >= 11 is 0. The summed E-state index contributed by atoms with van der Waals surface area (Å²) in [7, 11) is -2.49. The van der Waals surface area contributed by atoms with Crippen molar-refractivity contribution in [2.45, 2.75) is 30.8 Å². The molecule has 2 heterocycles. The molecule has 2 aromatic carbocycles. The number of nitrogens with zero attached hydrogens (tertiary/aromatic N) is 3. The van der Waals surface area contributed by atoms with Gasteiger partial charge in [0.25, 0.3) is 0 Å². The van der Waals surface area contributed by atoms with E-state index >= 15 is 0 Å². The monoisotopic (exact) mass is 501 g/mol. The van der Waals surface area contributed by atoms with Crippen molar-refractivity contribution >= 4 is 16.0 Å². The van der Waals surface area contributed by atoms with Gasteiger partial charge in [-0.15, -0.1) is 0 Å². The molecule has 0 radical (unpaired) electrons. The number of hydrogen-bond donors (Lipinski definition) is 0. The number of ether oxygens (including phenoxy) is 1. The number of sulfonamides is 1. The highest BCUT2D eigenvalue weighted by Crippen LogP contribution is 2.25. The Labute approximate surface area is 211 Å². The summed E-state index contributed by atoms with van der Waals surface area (Å²) in [4.78, 5) is 20.3. The number of benzene rings is 2. The summed E-state index contributed by atoms with van der Waals surface area (Å²) < 4.78 is 33.5. The van der Waals surface area contributed by atoms with Crippen LogP contribution in [0.2, 0.25) is 0 Å². The van der Waals surface area contributed by atoms with Gasteiger partial charge in [-0.05, 0) is 52.9 Å². The topological polar surface area (TPSA) is 89.5 Å². The van der Waals surface area contributed by atoms with Gasteiger partial charge in [-0.25, -0.2) is 8.42 Å². The van der Waals surface area contributed by atoms with Crippen LogP contribution in [0.5, 0.6) is 0 Å². The van der Waals surface area contributed by atoms with Crippen molar-refractivity contribution in [3.05, 3.63) is 114 Å². The molecule has 7 nitrogen and oxygen atoms in total. The van der Waals surface area contributed by atoms with Crippen molar-refractivity contribution in [1.29, 1.82) is 0 Å². The van der Waals surface area contributed by atoms with E-state index in [0.717, 1.165) is 27.8 Å². The van der Waals surface area contributed by atoms with Crippen molar-refractivity contribution in [2.75, 3.05) is 7.11 Å². The van der Waals surface area contributed by atoms with Gasteiger partial charge in [-0.1, -0.05) is 54.6 Å². The molecule has 0 amide bonds. The van der Waals surface area contributed by atoms with E-state index in [1.54, 1.807) is 25.4 Å². The first-order valence-corrected chi connectivity index (χ1v) is 12.9. The molecule has 0 saturated carbocycles. The lowest BCUT2D eigenvalue weighted by Crippen LogP contribution is -2.30. The molecule has 4 rings (SSSR count). The van der Waals surface area contributed by atoms with E-state index in [4.69, 9.17) is 4.74 Å². The molecule has 0 aliphatic rings. The van der Waals surface area contributed by atoms with Crippen LogP contribution >= 0.6 is 0 Å². The van der Waals surface area contributed by atoms with Crippen LogP contribution in [0.3, 0.4) is 0 Å². The van der Waals surface area contributed by atoms with Crippen LogP contribution in [-0.2, 0) is 32.6 Å². The Morgan fingerprint density at radius 2 is 1.56 bits per heavy atom. The normalized spacial score (nSPS) is 12.3. The van der Waals surface area contributed by atoms with Crippen LogP contribution in [0, 0.1) is 0 Å². The van der Waals surface area contributed by atoms with E-state index < -0.39 is 15.9 Å². The molecule has 0 aliphatic heterocycles. The van der Waals surface area contributed by atoms with Gasteiger partial charge in [-0.3, -0.25) is 14.8 Å². The maximum absolute atomic E-state index is 13.6. The summed E-state index contributed by atoms with van der Waals surface area (Å²) in [5.74, 6) is -0.806. The highest BCUT2D eigenvalue weighted by atomic mass is 32.2. The summed E-state index contributed by atoms with van der Waals surface area (Å²) in [6, 6.07) is 22.1. The summed E-state index contributed by atoms with van der Waals surface area (Å²) in [6.07, 6.45) is 6.40. The SMILES string of the molecule is COC(=O)C(C)c1cccc(CN(Cc2ccc(-c3cccnc3)cc2)S(=O)(=O)c2cccnc2)c1. The van der Waals surface area contributed by atoms with Gasteiger partial charge in [0, 0.05) is 37.9 Å². The van der Waals surface area contributed by atoms with Crippen molar-refractivity contribution in [2.24, 2.45) is 0 Å². The van der Waals surface area contributed by atoms with Crippen LogP contribution in [0.1, 0.15) is 29.5 Å². The first-order valence-electron chi connectivity index (χ1n) is 11.4. The maximum Gasteiger partial charge on any atom is 0.312 e. The van der Waals surface area contributed by atoms with Crippen molar-refractivity contribution in [3.8, 4) is 11.1 Å². The van der Waals surface area contributed by atoms with Gasteiger partial charge in [0.05, 0.1) is 13.0 Å². The van der Waals surface area contributed by atoms with Gasteiger partial charge in [0.2, 0.25) is 10.0 Å². The lowest BCUT2D eigenvalue weighted by atomic mass is 9.99. The number of esters is 1. The molecule has 0 N–H and O–H groups in total. The van der Waals surface area contributed by atoms with Crippen LogP contribution in [0.4, 0.5) is 0 Å². The molecule has 0 spiro atoms. The van der Waals surface area contributed by atoms with Gasteiger partial charge in [0.15, 0.2) is 0 Å². The molecule has 1 atom stereocenters. The molecule has 1 unspecified atom stereocenters. The van der Waals surface area contributed by atoms with E-state index in [-0.39, 0.29) is 24.0 Å². The zero-order valence-corrected chi connectivity index (χ0v) is 20.9. The quantitative estimate of drug-likeness (QED) is 0.306. The van der Waals surface area contributed by atoms with E-state index in [1.165, 1.54) is 29.9 Å². The number of pyridine rings is 2. The number of aromatic nitrogens is 2. The molecule has 0 bridgehead atoms. The first kappa shape index (κ1) is 25.2. The second kappa shape index (κ2) is 11.2. The highest BCUT2D eigenvalue weighted by Gasteiger charge is 2.26. The predicted molar refractivity (Wildman–Crippen MR) is 137 cm³/mol. The lowest BCUT2D eigenvalue weighted by Gasteiger charge is -2.23. The molecule has 0 saturated heterocycles. The van der Waals surface area contributed by atoms with Crippen LogP contribution in [0.15, 0.2) is 102 Å². The molecule has 0 fully saturated rings. The first-order chi connectivity index (χ1) is 17.4. The Bertz CT molecular complexity index is 1410. The Hall–Kier alpha value is -3.88. The minimum Gasteiger partial charge on any atom is -0.469 e. The molecule has 8 heteroatoms. The zero-order chi connectivity index (χ0) is 25.5. The molecule has 4 aromatic rings. The summed E-state index contributed by atoms with van der Waals surface area (Å²) in [5, 5.41) is 0. The fourth-order valence-corrected chi connectivity index (χ4v) is 5.27. The number of methoxy groups -OCH3 is 1. The Kier molecular flexibility index (Phi) is 7.87. The van der Waals surface area contributed by atoms with Gasteiger partial charge < -0.3 is 4.74 Å². The van der Waals surface area contributed by atoms with Crippen molar-refractivity contribution < 1.29 is 17.9 Å². The minimum absolute atomic E-state index is 0.121. The standard InChI is InChI=1S/C28H27N3O4S/c1-21(28(32)35-2)25-7-3-6-23(16-25)20-31(36(33,34)27-9-5-15-30-18-27)19-22-10-12-24(13-11-22)26-8-4-14-29-17-26/h3-18,21H,19-20H2,1-2H3. The van der Waals surface area contributed by atoms with Gasteiger partial charge in [0.1, 0.15) is 4.90 Å². The zero-order valence-electron chi connectivity index (χ0n) is 20.1. The smallest absolute Gasteiger partial charge is 0.312 e. The fourth-order valence-electron chi connectivity index (χ4n) is 3.89. The molecular weight excluding hydrogens is 474 g/mol. The Morgan fingerprint density at radius 1 is 0.861 bits per heavy atom. The fraction of sp³-hybridized carbons (Fsp3) is 0.179. The van der Waals surface area contributed by atoms with Crippen LogP contribution < -0.4 is 0 Å². The average molecular weight is 502 g/mol. The Morgan fingerprint density at radius 3 is 2.19 bits per heavy atom. The molecule has 2 aromatic heterocycles. The van der Waals surface area contributed by atoms with Crippen molar-refractivity contribution in [3.63, 3.8) is 0 Å². The predicted octanol–water partition coefficient (Wildman–Crippen LogP) is 4.81. The molecule has 184 valence electrons. The van der Waals surface area contributed by atoms with E-state index in [2.05, 4.69) is 9.97 Å². The third-order valence-corrected chi connectivity index (χ3v) is 7.72. The second-order valence-electron chi connectivity index (χ2n) is 8.39. The average Bonchev–Trinajstić information content (AvgIpc) is 2.93. The van der Waals surface area contributed by atoms with Crippen LogP contribution in [0.25, 0.3) is 11.1 Å². The number of rotatable bonds is 9.